The van der Waals surface area contributed by atoms with Crippen molar-refractivity contribution in [2.45, 2.75) is 32.6 Å². The topological polar surface area (TPSA) is 40.0 Å². The van der Waals surface area contributed by atoms with Gasteiger partial charge in [-0.1, -0.05) is 12.1 Å². The molecule has 4 rings (SSSR count). The molecule has 3 aromatic rings. The van der Waals surface area contributed by atoms with E-state index in [1.807, 2.05) is 48.9 Å². The zero-order chi connectivity index (χ0) is 21.3. The standard InChI is InChI=1S/C23H23F3N2O2/c1-3-29-20-12-16-14-27-22(15-7-5-8-17(11-15)23(24,25)26)18-9-6-10-28(18)19(16)13-21(20)30-4-2/h5-13,22,27H,3-4,14H2,1-2H3/p+1/t22-/m1/s1. The number of quaternary nitrogens is 1. The molecule has 0 spiro atoms. The summed E-state index contributed by atoms with van der Waals surface area (Å²) in [5.74, 6) is 1.34. The third-order valence-electron chi connectivity index (χ3n) is 5.25. The Morgan fingerprint density at radius 2 is 1.73 bits per heavy atom. The molecule has 4 nitrogen and oxygen atoms in total. The van der Waals surface area contributed by atoms with Crippen LogP contribution in [0.25, 0.3) is 5.69 Å². The highest BCUT2D eigenvalue weighted by Gasteiger charge is 2.33. The van der Waals surface area contributed by atoms with Gasteiger partial charge in [0.15, 0.2) is 17.5 Å². The third kappa shape index (κ3) is 3.77. The normalized spacial score (nSPS) is 15.8. The molecule has 0 fully saturated rings. The Bertz CT molecular complexity index is 1040. The smallest absolute Gasteiger partial charge is 0.416 e. The van der Waals surface area contributed by atoms with E-state index in [0.29, 0.717) is 36.8 Å². The lowest BCUT2D eigenvalue weighted by Crippen LogP contribution is -2.83. The molecule has 0 amide bonds. The van der Waals surface area contributed by atoms with Crippen LogP contribution in [-0.4, -0.2) is 17.8 Å². The molecule has 1 aromatic heterocycles. The van der Waals surface area contributed by atoms with Crippen LogP contribution in [0.5, 0.6) is 11.5 Å². The number of nitrogens with two attached hydrogens (primary N) is 1. The predicted molar refractivity (Wildman–Crippen MR) is 107 cm³/mol. The van der Waals surface area contributed by atoms with Gasteiger partial charge in [0, 0.05) is 23.4 Å². The lowest BCUT2D eigenvalue weighted by Gasteiger charge is -2.17. The van der Waals surface area contributed by atoms with Crippen LogP contribution >= 0.6 is 0 Å². The predicted octanol–water partition coefficient (Wildman–Crippen LogP) is 4.46. The van der Waals surface area contributed by atoms with Crippen LogP contribution < -0.4 is 14.8 Å². The average Bonchev–Trinajstić information content (AvgIpc) is 3.13. The Hall–Kier alpha value is -2.93. The molecule has 2 heterocycles. The van der Waals surface area contributed by atoms with Crippen molar-refractivity contribution in [3.05, 3.63) is 77.1 Å². The summed E-state index contributed by atoms with van der Waals surface area (Å²) in [6, 6.07) is 13.1. The molecule has 0 bridgehead atoms. The molecule has 1 aliphatic heterocycles. The minimum atomic E-state index is -4.37. The molecule has 0 radical (unpaired) electrons. The number of fused-ring (bicyclic) bond motifs is 3. The first kappa shape index (κ1) is 20.3. The zero-order valence-electron chi connectivity index (χ0n) is 16.9. The number of hydrogen-bond donors (Lipinski definition) is 1. The molecule has 30 heavy (non-hydrogen) atoms. The molecule has 1 atom stereocenters. The molecule has 2 N–H and O–H groups in total. The quantitative estimate of drug-likeness (QED) is 0.666. The first-order valence-corrected chi connectivity index (χ1v) is 10.0. The van der Waals surface area contributed by atoms with Gasteiger partial charge >= 0.3 is 6.18 Å². The summed E-state index contributed by atoms with van der Waals surface area (Å²) in [5.41, 5.74) is 2.89. The van der Waals surface area contributed by atoms with E-state index < -0.39 is 11.7 Å². The minimum absolute atomic E-state index is 0.263. The first-order valence-electron chi connectivity index (χ1n) is 10.0. The van der Waals surface area contributed by atoms with Crippen molar-refractivity contribution in [2.75, 3.05) is 13.2 Å². The zero-order valence-corrected chi connectivity index (χ0v) is 16.9. The van der Waals surface area contributed by atoms with Gasteiger partial charge in [0.05, 0.1) is 30.2 Å². The summed E-state index contributed by atoms with van der Waals surface area (Å²) in [5, 5.41) is 2.06. The Labute approximate surface area is 173 Å². The second-order valence-electron chi connectivity index (χ2n) is 7.14. The second-order valence-corrected chi connectivity index (χ2v) is 7.14. The van der Waals surface area contributed by atoms with Crippen LogP contribution in [0.4, 0.5) is 13.2 Å². The van der Waals surface area contributed by atoms with Gasteiger partial charge in [0.25, 0.3) is 0 Å². The summed E-state index contributed by atoms with van der Waals surface area (Å²) < 4.78 is 53.3. The first-order chi connectivity index (χ1) is 14.4. The molecular formula is C23H24F3N2O2+. The molecule has 1 aliphatic rings. The maximum atomic E-state index is 13.3. The van der Waals surface area contributed by atoms with E-state index in [1.165, 1.54) is 12.1 Å². The van der Waals surface area contributed by atoms with E-state index >= 15 is 0 Å². The maximum absolute atomic E-state index is 13.3. The Balaban J connectivity index is 1.80. The van der Waals surface area contributed by atoms with E-state index in [2.05, 4.69) is 5.32 Å². The van der Waals surface area contributed by atoms with Gasteiger partial charge in [0.1, 0.15) is 6.54 Å². The van der Waals surface area contributed by atoms with E-state index in [4.69, 9.17) is 9.47 Å². The average molecular weight is 417 g/mol. The minimum Gasteiger partial charge on any atom is -0.490 e. The van der Waals surface area contributed by atoms with E-state index in [0.717, 1.165) is 23.0 Å². The van der Waals surface area contributed by atoms with E-state index in [1.54, 1.807) is 6.07 Å². The number of nitrogens with zero attached hydrogens (tertiary/aromatic N) is 1. The number of hydrogen-bond acceptors (Lipinski definition) is 2. The van der Waals surface area contributed by atoms with Gasteiger partial charge in [-0.05, 0) is 44.2 Å². The number of aromatic nitrogens is 1. The van der Waals surface area contributed by atoms with Crippen molar-refractivity contribution in [3.8, 4) is 17.2 Å². The summed E-state index contributed by atoms with van der Waals surface area (Å²) in [6.45, 7) is 5.46. The van der Waals surface area contributed by atoms with Crippen molar-refractivity contribution >= 4 is 0 Å². The van der Waals surface area contributed by atoms with Crippen molar-refractivity contribution in [3.63, 3.8) is 0 Å². The second kappa shape index (κ2) is 8.07. The Kier molecular flexibility index (Phi) is 5.47. The SMILES string of the molecule is CCOc1cc2c(cc1OCC)-n1cccc1[C@@H](c1cccc(C(F)(F)F)c1)[NH2+]C2. The molecule has 158 valence electrons. The van der Waals surface area contributed by atoms with Crippen LogP contribution in [0.3, 0.4) is 0 Å². The lowest BCUT2D eigenvalue weighted by molar-refractivity contribution is -0.702. The van der Waals surface area contributed by atoms with Crippen molar-refractivity contribution in [2.24, 2.45) is 0 Å². The molecule has 0 unspecified atom stereocenters. The lowest BCUT2D eigenvalue weighted by atomic mass is 10.0. The summed E-state index contributed by atoms with van der Waals surface area (Å²) in [4.78, 5) is 0. The highest BCUT2D eigenvalue weighted by atomic mass is 19.4. The number of ether oxygens (including phenoxy) is 2. The number of halogens is 3. The summed E-state index contributed by atoms with van der Waals surface area (Å²) in [6.07, 6.45) is -2.44. The van der Waals surface area contributed by atoms with Gasteiger partial charge in [-0.25, -0.2) is 0 Å². The number of alkyl halides is 3. The molecule has 0 saturated heterocycles. The van der Waals surface area contributed by atoms with Crippen LogP contribution in [0.15, 0.2) is 54.7 Å². The molecule has 7 heteroatoms. The highest BCUT2D eigenvalue weighted by molar-refractivity contribution is 5.56. The van der Waals surface area contributed by atoms with Crippen molar-refractivity contribution in [1.82, 2.24) is 4.57 Å². The summed E-state index contributed by atoms with van der Waals surface area (Å²) >= 11 is 0. The van der Waals surface area contributed by atoms with Crippen LogP contribution in [0.2, 0.25) is 0 Å². The summed E-state index contributed by atoms with van der Waals surface area (Å²) in [7, 11) is 0. The van der Waals surface area contributed by atoms with Gasteiger partial charge < -0.3 is 19.4 Å². The van der Waals surface area contributed by atoms with Crippen molar-refractivity contribution in [1.29, 1.82) is 0 Å². The van der Waals surface area contributed by atoms with E-state index in [9.17, 15) is 13.2 Å². The highest BCUT2D eigenvalue weighted by Crippen LogP contribution is 2.37. The van der Waals surface area contributed by atoms with E-state index in [-0.39, 0.29) is 6.04 Å². The van der Waals surface area contributed by atoms with Gasteiger partial charge in [-0.2, -0.15) is 13.2 Å². The third-order valence-corrected chi connectivity index (χ3v) is 5.25. The monoisotopic (exact) mass is 417 g/mol. The Morgan fingerprint density at radius 3 is 2.43 bits per heavy atom. The van der Waals surface area contributed by atoms with Crippen LogP contribution in [0, 0.1) is 0 Å². The van der Waals surface area contributed by atoms with Gasteiger partial charge in [-0.15, -0.1) is 0 Å². The van der Waals surface area contributed by atoms with Gasteiger partial charge in [-0.3, -0.25) is 0 Å². The maximum Gasteiger partial charge on any atom is 0.416 e. The molecule has 0 aliphatic carbocycles. The van der Waals surface area contributed by atoms with Crippen LogP contribution in [-0.2, 0) is 12.7 Å². The van der Waals surface area contributed by atoms with Crippen LogP contribution in [0.1, 0.15) is 42.3 Å². The molecular weight excluding hydrogens is 393 g/mol. The molecule has 0 saturated carbocycles. The number of rotatable bonds is 5. The fourth-order valence-electron chi connectivity index (χ4n) is 3.96. The Morgan fingerprint density at radius 1 is 1.00 bits per heavy atom. The fourth-order valence-corrected chi connectivity index (χ4v) is 3.96. The van der Waals surface area contributed by atoms with Crippen molar-refractivity contribution < 1.29 is 28.0 Å². The largest absolute Gasteiger partial charge is 0.490 e. The molecule has 2 aromatic carbocycles. The number of benzene rings is 2. The fraction of sp³-hybridized carbons (Fsp3) is 0.304. The van der Waals surface area contributed by atoms with Gasteiger partial charge in [0.2, 0.25) is 0 Å².